The van der Waals surface area contributed by atoms with Crippen LogP contribution in [0.5, 0.6) is 0 Å². The third kappa shape index (κ3) is 2.79. The second-order valence-electron chi connectivity index (χ2n) is 4.52. The van der Waals surface area contributed by atoms with Crippen molar-refractivity contribution in [3.05, 3.63) is 24.4 Å². The Kier molecular flexibility index (Phi) is 4.15. The van der Waals surface area contributed by atoms with E-state index in [-0.39, 0.29) is 11.9 Å². The van der Waals surface area contributed by atoms with Crippen molar-refractivity contribution < 1.29 is 4.79 Å². The van der Waals surface area contributed by atoms with Crippen molar-refractivity contribution >= 4 is 11.7 Å². The summed E-state index contributed by atoms with van der Waals surface area (Å²) in [6.07, 6.45) is 2.49. The maximum Gasteiger partial charge on any atom is 0.239 e. The number of amides is 1. The van der Waals surface area contributed by atoms with Gasteiger partial charge in [-0.25, -0.2) is 4.98 Å². The molecule has 1 atom stereocenters. The highest BCUT2D eigenvalue weighted by atomic mass is 16.2. The van der Waals surface area contributed by atoms with Gasteiger partial charge in [-0.1, -0.05) is 13.0 Å². The Bertz CT molecular complexity index is 387. The lowest BCUT2D eigenvalue weighted by molar-refractivity contribution is -0.132. The van der Waals surface area contributed by atoms with E-state index in [0.717, 1.165) is 32.0 Å². The van der Waals surface area contributed by atoms with E-state index in [0.29, 0.717) is 6.42 Å². The number of hydrogen-bond donors (Lipinski definition) is 1. The van der Waals surface area contributed by atoms with Crippen molar-refractivity contribution in [1.29, 1.82) is 0 Å². The van der Waals surface area contributed by atoms with E-state index in [4.69, 9.17) is 5.73 Å². The van der Waals surface area contributed by atoms with Gasteiger partial charge in [0.05, 0.1) is 6.04 Å². The monoisotopic (exact) mass is 248 g/mol. The quantitative estimate of drug-likeness (QED) is 0.844. The number of nitrogens with zero attached hydrogens (tertiary/aromatic N) is 3. The molecule has 0 unspecified atom stereocenters. The molecule has 5 heteroatoms. The van der Waals surface area contributed by atoms with E-state index in [2.05, 4.69) is 9.88 Å². The van der Waals surface area contributed by atoms with Gasteiger partial charge in [0.1, 0.15) is 5.82 Å². The van der Waals surface area contributed by atoms with Crippen LogP contribution in [-0.4, -0.2) is 48.0 Å². The molecule has 1 aromatic rings. The molecule has 1 saturated heterocycles. The fourth-order valence-electron chi connectivity index (χ4n) is 2.11. The third-order valence-electron chi connectivity index (χ3n) is 3.32. The van der Waals surface area contributed by atoms with Gasteiger partial charge in [-0.2, -0.15) is 0 Å². The van der Waals surface area contributed by atoms with Gasteiger partial charge in [-0.3, -0.25) is 4.79 Å². The molecule has 98 valence electrons. The standard InChI is InChI=1S/C13H20N4O/c1-2-11(14)13(18)17-9-7-16(8-10-17)12-5-3-4-6-15-12/h3-6,11H,2,7-10,14H2,1H3/t11-/m0/s1. The lowest BCUT2D eigenvalue weighted by atomic mass is 10.2. The number of anilines is 1. The van der Waals surface area contributed by atoms with Gasteiger partial charge in [0.25, 0.3) is 0 Å². The van der Waals surface area contributed by atoms with Crippen molar-refractivity contribution in [2.45, 2.75) is 19.4 Å². The van der Waals surface area contributed by atoms with Gasteiger partial charge in [0.2, 0.25) is 5.91 Å². The van der Waals surface area contributed by atoms with E-state index in [1.165, 1.54) is 0 Å². The first-order valence-corrected chi connectivity index (χ1v) is 6.42. The van der Waals surface area contributed by atoms with Crippen LogP contribution in [0.15, 0.2) is 24.4 Å². The molecule has 1 fully saturated rings. The smallest absolute Gasteiger partial charge is 0.239 e. The predicted octanol–water partition coefficient (Wildman–Crippen LogP) is 0.468. The zero-order valence-electron chi connectivity index (χ0n) is 10.7. The van der Waals surface area contributed by atoms with Crippen molar-refractivity contribution in [2.24, 2.45) is 5.73 Å². The molecule has 5 nitrogen and oxygen atoms in total. The molecule has 0 aliphatic carbocycles. The Morgan fingerprint density at radius 1 is 1.39 bits per heavy atom. The third-order valence-corrected chi connectivity index (χ3v) is 3.32. The largest absolute Gasteiger partial charge is 0.353 e. The lowest BCUT2D eigenvalue weighted by Gasteiger charge is -2.36. The molecule has 0 aromatic carbocycles. The normalized spacial score (nSPS) is 17.7. The summed E-state index contributed by atoms with van der Waals surface area (Å²) in [5, 5.41) is 0. The highest BCUT2D eigenvalue weighted by molar-refractivity contribution is 5.81. The average Bonchev–Trinajstić information content (AvgIpc) is 2.47. The van der Waals surface area contributed by atoms with E-state index in [1.807, 2.05) is 30.0 Å². The zero-order valence-corrected chi connectivity index (χ0v) is 10.7. The maximum atomic E-state index is 11.9. The molecular weight excluding hydrogens is 228 g/mol. The number of piperazine rings is 1. The molecule has 0 bridgehead atoms. The maximum absolute atomic E-state index is 11.9. The Labute approximate surface area is 108 Å². The summed E-state index contributed by atoms with van der Waals surface area (Å²) < 4.78 is 0. The SMILES string of the molecule is CC[C@H](N)C(=O)N1CCN(c2ccccn2)CC1. The van der Waals surface area contributed by atoms with Gasteiger partial charge in [0.15, 0.2) is 0 Å². The van der Waals surface area contributed by atoms with Crippen LogP contribution in [0.3, 0.4) is 0 Å². The molecule has 2 heterocycles. The van der Waals surface area contributed by atoms with Crippen molar-refractivity contribution in [3.8, 4) is 0 Å². The van der Waals surface area contributed by atoms with E-state index in [9.17, 15) is 4.79 Å². The Morgan fingerprint density at radius 3 is 2.67 bits per heavy atom. The fraction of sp³-hybridized carbons (Fsp3) is 0.538. The second kappa shape index (κ2) is 5.82. The predicted molar refractivity (Wildman–Crippen MR) is 71.3 cm³/mol. The summed E-state index contributed by atoms with van der Waals surface area (Å²) in [4.78, 5) is 20.3. The second-order valence-corrected chi connectivity index (χ2v) is 4.52. The van der Waals surface area contributed by atoms with E-state index >= 15 is 0 Å². The number of carbonyl (C=O) groups is 1. The minimum absolute atomic E-state index is 0.0678. The van der Waals surface area contributed by atoms with E-state index in [1.54, 1.807) is 6.20 Å². The molecule has 18 heavy (non-hydrogen) atoms. The highest BCUT2D eigenvalue weighted by Crippen LogP contribution is 2.13. The first-order chi connectivity index (χ1) is 8.72. The molecule has 1 amide bonds. The van der Waals surface area contributed by atoms with Crippen molar-refractivity contribution in [2.75, 3.05) is 31.1 Å². The molecule has 1 aliphatic rings. The average molecular weight is 248 g/mol. The van der Waals surface area contributed by atoms with Gasteiger partial charge < -0.3 is 15.5 Å². The van der Waals surface area contributed by atoms with Crippen LogP contribution in [0.2, 0.25) is 0 Å². The summed E-state index contributed by atoms with van der Waals surface area (Å²) in [5.41, 5.74) is 5.78. The molecular formula is C13H20N4O. The van der Waals surface area contributed by atoms with Gasteiger partial charge >= 0.3 is 0 Å². The number of pyridine rings is 1. The molecule has 1 aromatic heterocycles. The van der Waals surface area contributed by atoms with Gasteiger partial charge in [-0.05, 0) is 18.6 Å². The first-order valence-electron chi connectivity index (χ1n) is 6.42. The first kappa shape index (κ1) is 12.8. The van der Waals surface area contributed by atoms with Crippen LogP contribution in [0.1, 0.15) is 13.3 Å². The number of carbonyl (C=O) groups excluding carboxylic acids is 1. The van der Waals surface area contributed by atoms with Crippen LogP contribution in [0.4, 0.5) is 5.82 Å². The Hall–Kier alpha value is -1.62. The minimum atomic E-state index is -0.355. The number of rotatable bonds is 3. The number of hydrogen-bond acceptors (Lipinski definition) is 4. The van der Waals surface area contributed by atoms with Crippen LogP contribution in [0.25, 0.3) is 0 Å². The van der Waals surface area contributed by atoms with E-state index < -0.39 is 0 Å². The van der Waals surface area contributed by atoms with Crippen LogP contribution >= 0.6 is 0 Å². The topological polar surface area (TPSA) is 62.5 Å². The molecule has 2 N–H and O–H groups in total. The van der Waals surface area contributed by atoms with Crippen LogP contribution in [-0.2, 0) is 4.79 Å². The molecule has 1 aliphatic heterocycles. The summed E-state index contributed by atoms with van der Waals surface area (Å²) >= 11 is 0. The number of aromatic nitrogens is 1. The highest BCUT2D eigenvalue weighted by Gasteiger charge is 2.24. The zero-order chi connectivity index (χ0) is 13.0. The van der Waals surface area contributed by atoms with Gasteiger partial charge in [-0.15, -0.1) is 0 Å². The Balaban J connectivity index is 1.90. The van der Waals surface area contributed by atoms with Crippen molar-refractivity contribution in [3.63, 3.8) is 0 Å². The molecule has 0 spiro atoms. The fourth-order valence-corrected chi connectivity index (χ4v) is 2.11. The number of nitrogens with two attached hydrogens (primary N) is 1. The molecule has 2 rings (SSSR count). The van der Waals surface area contributed by atoms with Crippen molar-refractivity contribution in [1.82, 2.24) is 9.88 Å². The molecule has 0 radical (unpaired) electrons. The Morgan fingerprint density at radius 2 is 2.11 bits per heavy atom. The van der Waals surface area contributed by atoms with Gasteiger partial charge in [0, 0.05) is 32.4 Å². The van der Waals surface area contributed by atoms with Crippen LogP contribution < -0.4 is 10.6 Å². The lowest BCUT2D eigenvalue weighted by Crippen LogP contribution is -2.53. The van der Waals surface area contributed by atoms with Crippen LogP contribution in [0, 0.1) is 0 Å². The summed E-state index contributed by atoms with van der Waals surface area (Å²) in [6, 6.07) is 5.53. The molecule has 0 saturated carbocycles. The summed E-state index contributed by atoms with van der Waals surface area (Å²) in [7, 11) is 0. The summed E-state index contributed by atoms with van der Waals surface area (Å²) in [5.74, 6) is 1.04. The minimum Gasteiger partial charge on any atom is -0.353 e. The summed E-state index contributed by atoms with van der Waals surface area (Å²) in [6.45, 7) is 5.03.